The third kappa shape index (κ3) is 6.41. The van der Waals surface area contributed by atoms with Crippen molar-refractivity contribution >= 4 is 20.4 Å². The van der Waals surface area contributed by atoms with Gasteiger partial charge in [-0.1, -0.05) is 81.5 Å². The van der Waals surface area contributed by atoms with Gasteiger partial charge < -0.3 is 18.6 Å². The number of nitrogens with zero attached hydrogens (tertiary/aromatic N) is 1. The summed E-state index contributed by atoms with van der Waals surface area (Å²) in [7, 11) is -2.23. The summed E-state index contributed by atoms with van der Waals surface area (Å²) in [5.74, 6) is -0.461. The van der Waals surface area contributed by atoms with Crippen LogP contribution in [-0.2, 0) is 18.6 Å². The van der Waals surface area contributed by atoms with Crippen molar-refractivity contribution in [3.63, 3.8) is 0 Å². The molecule has 5 rings (SSSR count). The van der Waals surface area contributed by atoms with E-state index >= 15 is 0 Å². The van der Waals surface area contributed by atoms with Gasteiger partial charge in [0.15, 0.2) is 14.5 Å². The number of H-pyrrole nitrogens is 1. The van der Waals surface area contributed by atoms with Crippen LogP contribution in [0.15, 0.2) is 88.6 Å². The molecule has 2 aliphatic heterocycles. The number of aromatic nitrogens is 2. The fraction of sp³-hybridized carbons (Fsp3) is 0.406. The quantitative estimate of drug-likeness (QED) is 0.264. The Bertz CT molecular complexity index is 1480. The number of aromatic amines is 1. The highest BCUT2D eigenvalue weighted by atomic mass is 28.4. The maximum atomic E-state index is 13.2. The molecule has 42 heavy (non-hydrogen) atoms. The van der Waals surface area contributed by atoms with Gasteiger partial charge in [-0.05, 0) is 35.8 Å². The molecule has 2 aromatic carbocycles. The van der Waals surface area contributed by atoms with Crippen molar-refractivity contribution < 1.29 is 23.4 Å². The molecule has 1 aromatic heterocycles. The predicted octanol–water partition coefficient (Wildman–Crippen LogP) is 4.92. The summed E-state index contributed by atoms with van der Waals surface area (Å²) in [6, 6.07) is 22.6. The third-order valence-corrected chi connectivity index (χ3v) is 13.0. The van der Waals surface area contributed by atoms with Gasteiger partial charge >= 0.3 is 11.7 Å². The molecule has 10 heteroatoms. The van der Waals surface area contributed by atoms with Crippen molar-refractivity contribution in [1.29, 1.82) is 0 Å². The number of hydrogen-bond donors (Lipinski definition) is 1. The molecule has 0 aliphatic carbocycles. The average Bonchev–Trinajstić information content (AvgIpc) is 3.37. The van der Waals surface area contributed by atoms with E-state index in [0.29, 0.717) is 12.0 Å². The minimum absolute atomic E-state index is 0.362. The molecule has 0 bridgehead atoms. The lowest BCUT2D eigenvalue weighted by Crippen LogP contribution is -2.53. The number of hydrogen-bond acceptors (Lipinski definition) is 7. The van der Waals surface area contributed by atoms with Gasteiger partial charge in [-0.15, -0.1) is 0 Å². The fourth-order valence-electron chi connectivity index (χ4n) is 5.81. The van der Waals surface area contributed by atoms with Crippen LogP contribution in [0.25, 0.3) is 6.08 Å². The molecule has 2 fully saturated rings. The molecule has 0 amide bonds. The van der Waals surface area contributed by atoms with E-state index in [1.165, 1.54) is 16.8 Å². The Morgan fingerprint density at radius 1 is 0.952 bits per heavy atom. The van der Waals surface area contributed by atoms with Gasteiger partial charge in [-0.25, -0.2) is 9.59 Å². The van der Waals surface area contributed by atoms with E-state index in [-0.39, 0.29) is 0 Å². The first-order valence-corrected chi connectivity index (χ1v) is 17.2. The Kier molecular flexibility index (Phi) is 9.37. The fourth-order valence-corrected chi connectivity index (χ4v) is 8.63. The Morgan fingerprint density at radius 2 is 1.62 bits per heavy atom. The van der Waals surface area contributed by atoms with E-state index in [2.05, 4.69) is 25.8 Å². The number of fused-ring (bicyclic) bond motifs is 1. The number of ether oxygens (including phenoxy) is 3. The van der Waals surface area contributed by atoms with E-state index in [9.17, 15) is 14.4 Å². The summed E-state index contributed by atoms with van der Waals surface area (Å²) in [6.45, 7) is 6.39. The molecule has 9 nitrogen and oxygen atoms in total. The van der Waals surface area contributed by atoms with Crippen LogP contribution in [0.1, 0.15) is 49.3 Å². The first-order chi connectivity index (χ1) is 20.4. The van der Waals surface area contributed by atoms with E-state index in [4.69, 9.17) is 18.6 Å². The van der Waals surface area contributed by atoms with Crippen LogP contribution in [0, 0.1) is 0 Å². The summed E-state index contributed by atoms with van der Waals surface area (Å²) in [5, 5.41) is 0. The van der Waals surface area contributed by atoms with E-state index in [0.717, 1.165) is 23.7 Å². The van der Waals surface area contributed by atoms with Gasteiger partial charge in [0.2, 0.25) is 0 Å². The molecule has 0 saturated carbocycles. The van der Waals surface area contributed by atoms with Gasteiger partial charge in [0.1, 0.15) is 24.4 Å². The molecule has 3 aromatic rings. The largest absolute Gasteiger partial charge is 0.456 e. The number of benzene rings is 2. The average molecular weight is 591 g/mol. The van der Waals surface area contributed by atoms with Crippen molar-refractivity contribution in [2.45, 2.75) is 82.1 Å². The van der Waals surface area contributed by atoms with E-state index in [1.807, 2.05) is 48.6 Å². The number of nitrogens with one attached hydrogen (secondary N) is 1. The second kappa shape index (κ2) is 13.2. The molecule has 2 saturated heterocycles. The molecule has 6 atom stereocenters. The zero-order valence-corrected chi connectivity index (χ0v) is 25.2. The monoisotopic (exact) mass is 590 g/mol. The van der Waals surface area contributed by atoms with E-state index < -0.39 is 62.3 Å². The molecule has 222 valence electrons. The Labute approximate surface area is 246 Å². The van der Waals surface area contributed by atoms with Gasteiger partial charge in [0.25, 0.3) is 5.56 Å². The zero-order chi connectivity index (χ0) is 29.7. The van der Waals surface area contributed by atoms with Gasteiger partial charge in [0.05, 0.1) is 11.7 Å². The van der Waals surface area contributed by atoms with Crippen molar-refractivity contribution in [3.05, 3.63) is 111 Å². The predicted molar refractivity (Wildman–Crippen MR) is 162 cm³/mol. The van der Waals surface area contributed by atoms with Gasteiger partial charge in [-0.3, -0.25) is 14.3 Å². The van der Waals surface area contributed by atoms with Crippen molar-refractivity contribution in [1.82, 2.24) is 9.55 Å². The summed E-state index contributed by atoms with van der Waals surface area (Å²) in [6.07, 6.45) is 1.81. The summed E-state index contributed by atoms with van der Waals surface area (Å²) >= 11 is 0. The number of carbonyl (C=O) groups excluding carboxylic acids is 1. The Morgan fingerprint density at radius 3 is 2.26 bits per heavy atom. The highest BCUT2D eigenvalue weighted by Gasteiger charge is 2.56. The molecule has 1 N–H and O–H groups in total. The molecule has 0 radical (unpaired) electrons. The maximum absolute atomic E-state index is 13.2. The lowest BCUT2D eigenvalue weighted by molar-refractivity contribution is -0.154. The molecular formula is C32H38N2O7Si. The van der Waals surface area contributed by atoms with Crippen LogP contribution in [0.5, 0.6) is 0 Å². The SMILES string of the molecule is CC[Si](CC)(CC)O[C@@H]1[C@@H]2O[C@H](/C=C/c3ccccc3)C[C@H](OC(=O)c3ccccc3)[C@H]2O[C@H]1n1ccc(=O)[nH]c1=O. The second-order valence-corrected chi connectivity index (χ2v) is 15.5. The van der Waals surface area contributed by atoms with Crippen LogP contribution in [-0.4, -0.2) is 54.4 Å². The van der Waals surface area contributed by atoms with Crippen LogP contribution in [0.2, 0.25) is 18.1 Å². The number of carbonyl (C=O) groups is 1. The Balaban J connectivity index is 1.53. The highest BCUT2D eigenvalue weighted by Crippen LogP contribution is 2.43. The van der Waals surface area contributed by atoms with E-state index in [1.54, 1.807) is 24.3 Å². The Hall–Kier alpha value is -3.57. The normalized spacial score (nSPS) is 25.8. The van der Waals surface area contributed by atoms with Crippen LogP contribution in [0.3, 0.4) is 0 Å². The summed E-state index contributed by atoms with van der Waals surface area (Å²) in [4.78, 5) is 40.4. The van der Waals surface area contributed by atoms with Crippen LogP contribution >= 0.6 is 0 Å². The van der Waals surface area contributed by atoms with Crippen molar-refractivity contribution in [2.75, 3.05) is 0 Å². The van der Waals surface area contributed by atoms with Crippen molar-refractivity contribution in [3.8, 4) is 0 Å². The first-order valence-electron chi connectivity index (χ1n) is 14.7. The second-order valence-electron chi connectivity index (χ2n) is 10.8. The molecule has 2 aliphatic rings. The standard InChI is InChI=1S/C32H38N2O7Si/c1-4-42(5-2,6-3)41-29-28-27(40-30(29)34-20-19-26(35)33-32(34)37)25(39-31(36)23-15-11-8-12-16-23)21-24(38-28)18-17-22-13-9-7-10-14-22/h7-20,24-25,27-30H,4-6,21H2,1-3H3,(H,33,35,37)/b18-17+/t24-,25+,27-,28-,29-,30-/m1/s1. The minimum Gasteiger partial charge on any atom is -0.456 e. The molecule has 3 heterocycles. The lowest BCUT2D eigenvalue weighted by atomic mass is 9.95. The number of rotatable bonds is 10. The first kappa shape index (κ1) is 29.9. The topological polar surface area (TPSA) is 109 Å². The highest BCUT2D eigenvalue weighted by molar-refractivity contribution is 6.73. The molecule has 0 spiro atoms. The maximum Gasteiger partial charge on any atom is 0.338 e. The molecule has 0 unspecified atom stereocenters. The zero-order valence-electron chi connectivity index (χ0n) is 24.2. The lowest BCUT2D eigenvalue weighted by Gasteiger charge is -2.40. The van der Waals surface area contributed by atoms with Gasteiger partial charge in [0, 0.05) is 18.7 Å². The van der Waals surface area contributed by atoms with Crippen LogP contribution in [0.4, 0.5) is 0 Å². The van der Waals surface area contributed by atoms with Gasteiger partial charge in [-0.2, -0.15) is 0 Å². The molecular weight excluding hydrogens is 552 g/mol. The smallest absolute Gasteiger partial charge is 0.338 e. The summed E-state index contributed by atoms with van der Waals surface area (Å²) < 4.78 is 27.6. The minimum atomic E-state index is -2.23. The summed E-state index contributed by atoms with van der Waals surface area (Å²) in [5.41, 5.74) is 0.351. The van der Waals surface area contributed by atoms with Crippen molar-refractivity contribution in [2.24, 2.45) is 0 Å². The number of esters is 1. The van der Waals surface area contributed by atoms with Crippen LogP contribution < -0.4 is 11.2 Å². The third-order valence-electron chi connectivity index (χ3n) is 8.40.